The van der Waals surface area contributed by atoms with Crippen molar-refractivity contribution < 1.29 is 4.79 Å². The van der Waals surface area contributed by atoms with E-state index in [0.29, 0.717) is 5.56 Å². The van der Waals surface area contributed by atoms with Crippen molar-refractivity contribution in [3.63, 3.8) is 0 Å². The molecule has 1 aromatic carbocycles. The molecule has 86 valence electrons. The lowest BCUT2D eigenvalue weighted by atomic mass is 10.1. The maximum Gasteiger partial charge on any atom is 0.256 e. The van der Waals surface area contributed by atoms with E-state index in [1.54, 1.807) is 6.20 Å². The summed E-state index contributed by atoms with van der Waals surface area (Å²) in [4.78, 5) is 22.4. The SMILES string of the molecule is O=C(c1cccc2cncnc12)N1CCCC1. The zero-order valence-electron chi connectivity index (χ0n) is 9.47. The third-order valence-electron chi connectivity index (χ3n) is 3.16. The fraction of sp³-hybridized carbons (Fsp3) is 0.308. The molecule has 1 fully saturated rings. The molecule has 0 aliphatic carbocycles. The molecule has 1 amide bonds. The number of carbonyl (C=O) groups is 1. The summed E-state index contributed by atoms with van der Waals surface area (Å²) in [6.07, 6.45) is 5.43. The first-order valence-electron chi connectivity index (χ1n) is 5.84. The van der Waals surface area contributed by atoms with Crippen LogP contribution in [0.1, 0.15) is 23.2 Å². The Bertz CT molecular complexity index is 556. The van der Waals surface area contributed by atoms with Gasteiger partial charge in [0.1, 0.15) is 6.33 Å². The van der Waals surface area contributed by atoms with E-state index in [1.807, 2.05) is 23.1 Å². The molecule has 1 aliphatic heterocycles. The second-order valence-electron chi connectivity index (χ2n) is 4.27. The van der Waals surface area contributed by atoms with Crippen LogP contribution in [0.2, 0.25) is 0 Å². The Morgan fingerprint density at radius 2 is 2.06 bits per heavy atom. The number of likely N-dealkylation sites (tertiary alicyclic amines) is 1. The van der Waals surface area contributed by atoms with E-state index in [1.165, 1.54) is 6.33 Å². The van der Waals surface area contributed by atoms with E-state index in [4.69, 9.17) is 0 Å². The Balaban J connectivity index is 2.07. The van der Waals surface area contributed by atoms with Crippen LogP contribution in [0.25, 0.3) is 10.9 Å². The highest BCUT2D eigenvalue weighted by atomic mass is 16.2. The number of carbonyl (C=O) groups excluding carboxylic acids is 1. The highest BCUT2D eigenvalue weighted by Gasteiger charge is 2.21. The molecular formula is C13H13N3O. The number of para-hydroxylation sites is 1. The van der Waals surface area contributed by atoms with Gasteiger partial charge in [0.15, 0.2) is 0 Å². The van der Waals surface area contributed by atoms with Gasteiger partial charge >= 0.3 is 0 Å². The standard InChI is InChI=1S/C13H13N3O/c17-13(16-6-1-2-7-16)11-5-3-4-10-8-14-9-15-12(10)11/h3-5,8-9H,1-2,6-7H2. The molecule has 2 aromatic rings. The normalized spacial score (nSPS) is 15.4. The maximum absolute atomic E-state index is 12.3. The van der Waals surface area contributed by atoms with Crippen LogP contribution in [-0.2, 0) is 0 Å². The molecule has 17 heavy (non-hydrogen) atoms. The predicted molar refractivity (Wildman–Crippen MR) is 64.7 cm³/mol. The van der Waals surface area contributed by atoms with Crippen LogP contribution in [0.4, 0.5) is 0 Å². The summed E-state index contributed by atoms with van der Waals surface area (Å²) in [7, 11) is 0. The van der Waals surface area contributed by atoms with E-state index >= 15 is 0 Å². The first kappa shape index (κ1) is 10.2. The average molecular weight is 227 g/mol. The Hall–Kier alpha value is -1.97. The van der Waals surface area contributed by atoms with E-state index in [0.717, 1.165) is 36.8 Å². The molecule has 0 atom stereocenters. The van der Waals surface area contributed by atoms with Crippen molar-refractivity contribution >= 4 is 16.8 Å². The summed E-state index contributed by atoms with van der Waals surface area (Å²) in [5.74, 6) is 0.0896. The molecule has 1 saturated heterocycles. The van der Waals surface area contributed by atoms with Crippen LogP contribution >= 0.6 is 0 Å². The molecule has 0 spiro atoms. The second-order valence-corrected chi connectivity index (χ2v) is 4.27. The zero-order valence-corrected chi connectivity index (χ0v) is 9.47. The minimum atomic E-state index is 0.0896. The molecule has 4 heteroatoms. The number of hydrogen-bond acceptors (Lipinski definition) is 3. The summed E-state index contributed by atoms with van der Waals surface area (Å²) < 4.78 is 0. The quantitative estimate of drug-likeness (QED) is 0.747. The van der Waals surface area contributed by atoms with Crippen LogP contribution < -0.4 is 0 Å². The minimum absolute atomic E-state index is 0.0896. The van der Waals surface area contributed by atoms with Crippen molar-refractivity contribution in [1.29, 1.82) is 0 Å². The van der Waals surface area contributed by atoms with Crippen molar-refractivity contribution in [2.75, 3.05) is 13.1 Å². The van der Waals surface area contributed by atoms with Crippen molar-refractivity contribution in [2.24, 2.45) is 0 Å². The lowest BCUT2D eigenvalue weighted by molar-refractivity contribution is 0.0794. The van der Waals surface area contributed by atoms with Gasteiger partial charge in [-0.05, 0) is 18.9 Å². The van der Waals surface area contributed by atoms with E-state index in [9.17, 15) is 4.79 Å². The number of hydrogen-bond donors (Lipinski definition) is 0. The topological polar surface area (TPSA) is 46.1 Å². The number of aromatic nitrogens is 2. The lowest BCUT2D eigenvalue weighted by Gasteiger charge is -2.15. The van der Waals surface area contributed by atoms with Gasteiger partial charge in [-0.3, -0.25) is 4.79 Å². The van der Waals surface area contributed by atoms with E-state index in [2.05, 4.69) is 9.97 Å². The van der Waals surface area contributed by atoms with Crippen LogP contribution in [0, 0.1) is 0 Å². The Morgan fingerprint density at radius 1 is 1.24 bits per heavy atom. The molecule has 0 bridgehead atoms. The molecule has 0 radical (unpaired) electrons. The van der Waals surface area contributed by atoms with Gasteiger partial charge in [-0.2, -0.15) is 0 Å². The molecule has 2 heterocycles. The van der Waals surface area contributed by atoms with Gasteiger partial charge < -0.3 is 4.90 Å². The van der Waals surface area contributed by atoms with Crippen LogP contribution in [-0.4, -0.2) is 33.9 Å². The highest BCUT2D eigenvalue weighted by Crippen LogP contribution is 2.19. The summed E-state index contributed by atoms with van der Waals surface area (Å²) in [5.41, 5.74) is 1.44. The molecule has 1 aromatic heterocycles. The monoisotopic (exact) mass is 227 g/mol. The van der Waals surface area contributed by atoms with Crippen LogP contribution in [0.5, 0.6) is 0 Å². The van der Waals surface area contributed by atoms with E-state index in [-0.39, 0.29) is 5.91 Å². The Kier molecular flexibility index (Phi) is 2.48. The first-order valence-corrected chi connectivity index (χ1v) is 5.84. The average Bonchev–Trinajstić information content (AvgIpc) is 2.91. The maximum atomic E-state index is 12.3. The third-order valence-corrected chi connectivity index (χ3v) is 3.16. The second kappa shape index (κ2) is 4.13. The fourth-order valence-electron chi connectivity index (χ4n) is 2.28. The molecule has 0 unspecified atom stereocenters. The molecule has 3 rings (SSSR count). The van der Waals surface area contributed by atoms with Gasteiger partial charge in [0.25, 0.3) is 5.91 Å². The van der Waals surface area contributed by atoms with Gasteiger partial charge in [0.2, 0.25) is 0 Å². The summed E-state index contributed by atoms with van der Waals surface area (Å²) in [6, 6.07) is 5.65. The zero-order chi connectivity index (χ0) is 11.7. The molecule has 1 aliphatic rings. The van der Waals surface area contributed by atoms with Crippen molar-refractivity contribution in [2.45, 2.75) is 12.8 Å². The Labute approximate surface area is 99.3 Å². The molecule has 0 saturated carbocycles. The molecular weight excluding hydrogens is 214 g/mol. The lowest BCUT2D eigenvalue weighted by Crippen LogP contribution is -2.27. The predicted octanol–water partition coefficient (Wildman–Crippen LogP) is 1.87. The smallest absolute Gasteiger partial charge is 0.256 e. The third kappa shape index (κ3) is 1.75. The molecule has 4 nitrogen and oxygen atoms in total. The minimum Gasteiger partial charge on any atom is -0.339 e. The van der Waals surface area contributed by atoms with Gasteiger partial charge in [0, 0.05) is 24.7 Å². The van der Waals surface area contributed by atoms with Crippen molar-refractivity contribution in [3.05, 3.63) is 36.3 Å². The number of rotatable bonds is 1. The fourth-order valence-corrected chi connectivity index (χ4v) is 2.28. The van der Waals surface area contributed by atoms with Gasteiger partial charge in [-0.25, -0.2) is 9.97 Å². The number of amides is 1. The van der Waals surface area contributed by atoms with Crippen molar-refractivity contribution in [1.82, 2.24) is 14.9 Å². The van der Waals surface area contributed by atoms with Crippen molar-refractivity contribution in [3.8, 4) is 0 Å². The number of fused-ring (bicyclic) bond motifs is 1. The van der Waals surface area contributed by atoms with Gasteiger partial charge in [-0.1, -0.05) is 12.1 Å². The largest absolute Gasteiger partial charge is 0.339 e. The summed E-state index contributed by atoms with van der Waals surface area (Å²) in [5, 5.41) is 0.914. The Morgan fingerprint density at radius 3 is 2.88 bits per heavy atom. The molecule has 0 N–H and O–H groups in total. The first-order chi connectivity index (χ1) is 8.36. The summed E-state index contributed by atoms with van der Waals surface area (Å²) >= 11 is 0. The number of nitrogens with zero attached hydrogens (tertiary/aromatic N) is 3. The van der Waals surface area contributed by atoms with E-state index < -0.39 is 0 Å². The van der Waals surface area contributed by atoms with Gasteiger partial charge in [-0.15, -0.1) is 0 Å². The number of benzene rings is 1. The summed E-state index contributed by atoms with van der Waals surface area (Å²) in [6.45, 7) is 1.72. The van der Waals surface area contributed by atoms with Gasteiger partial charge in [0.05, 0.1) is 11.1 Å². The highest BCUT2D eigenvalue weighted by molar-refractivity contribution is 6.05. The van der Waals surface area contributed by atoms with Crippen LogP contribution in [0.15, 0.2) is 30.7 Å². The van der Waals surface area contributed by atoms with Crippen LogP contribution in [0.3, 0.4) is 0 Å².